The normalized spacial score (nSPS) is 10.7. The van der Waals surface area contributed by atoms with Crippen LogP contribution in [-0.4, -0.2) is 21.1 Å². The van der Waals surface area contributed by atoms with Crippen LogP contribution in [0.25, 0.3) is 11.5 Å². The molecule has 152 valence electrons. The summed E-state index contributed by atoms with van der Waals surface area (Å²) in [5.41, 5.74) is 3.23. The van der Waals surface area contributed by atoms with Gasteiger partial charge in [-0.25, -0.2) is 4.98 Å². The summed E-state index contributed by atoms with van der Waals surface area (Å²) in [5.74, 6) is 1.05. The van der Waals surface area contributed by atoms with E-state index in [2.05, 4.69) is 25.8 Å². The number of hydrogen-bond acceptors (Lipinski definition) is 8. The maximum absolute atomic E-state index is 11.2. The number of halogens is 1. The van der Waals surface area contributed by atoms with Crippen LogP contribution in [0.1, 0.15) is 12.6 Å². The number of hydrogen-bond donors (Lipinski definition) is 2. The van der Waals surface area contributed by atoms with E-state index < -0.39 is 0 Å². The number of rotatable bonds is 7. The molecule has 0 radical (unpaired) electrons. The number of carbonyl (C=O) groups excluding carboxylic acids is 1. The lowest BCUT2D eigenvalue weighted by atomic mass is 10.2. The van der Waals surface area contributed by atoms with Crippen LogP contribution in [0, 0.1) is 0 Å². The summed E-state index contributed by atoms with van der Waals surface area (Å²) in [5, 5.41) is 15.7. The predicted octanol–water partition coefficient (Wildman–Crippen LogP) is 5.84. The Labute approximate surface area is 185 Å². The van der Waals surface area contributed by atoms with Crippen LogP contribution >= 0.6 is 34.7 Å². The lowest BCUT2D eigenvalue weighted by Gasteiger charge is -2.05. The average molecular weight is 458 g/mol. The van der Waals surface area contributed by atoms with Crippen molar-refractivity contribution in [1.82, 2.24) is 15.2 Å². The molecule has 0 fully saturated rings. The van der Waals surface area contributed by atoms with Crippen LogP contribution < -0.4 is 10.6 Å². The maximum Gasteiger partial charge on any atom is 0.226 e. The van der Waals surface area contributed by atoms with E-state index in [0.29, 0.717) is 27.5 Å². The maximum atomic E-state index is 11.2. The predicted molar refractivity (Wildman–Crippen MR) is 120 cm³/mol. The molecule has 0 aliphatic rings. The SMILES string of the molecule is CC(=O)Nc1cccc(Nc2nnc(SCc3coc(-c4ccc(Cl)cc4)n3)s2)c1. The van der Waals surface area contributed by atoms with Gasteiger partial charge in [-0.2, -0.15) is 0 Å². The molecular weight excluding hydrogens is 442 g/mol. The molecule has 2 aromatic heterocycles. The molecule has 0 aliphatic carbocycles. The van der Waals surface area contributed by atoms with E-state index in [9.17, 15) is 4.79 Å². The zero-order valence-corrected chi connectivity index (χ0v) is 18.1. The highest BCUT2D eigenvalue weighted by molar-refractivity contribution is 8.00. The molecular formula is C20H16ClN5O2S2. The third-order valence-electron chi connectivity index (χ3n) is 3.83. The van der Waals surface area contributed by atoms with Crippen molar-refractivity contribution in [2.24, 2.45) is 0 Å². The molecule has 0 spiro atoms. The number of anilines is 3. The van der Waals surface area contributed by atoms with Gasteiger partial charge in [0.05, 0.1) is 5.69 Å². The van der Waals surface area contributed by atoms with Crippen molar-refractivity contribution in [2.75, 3.05) is 10.6 Å². The molecule has 0 aliphatic heterocycles. The van der Waals surface area contributed by atoms with Gasteiger partial charge in [0.2, 0.25) is 16.9 Å². The van der Waals surface area contributed by atoms with Gasteiger partial charge in [0, 0.05) is 34.6 Å². The van der Waals surface area contributed by atoms with Crippen molar-refractivity contribution < 1.29 is 9.21 Å². The first-order chi connectivity index (χ1) is 14.5. The second kappa shape index (κ2) is 9.29. The molecule has 2 N–H and O–H groups in total. The Morgan fingerprint density at radius 1 is 1.17 bits per heavy atom. The quantitative estimate of drug-likeness (QED) is 0.336. The van der Waals surface area contributed by atoms with Gasteiger partial charge in [0.1, 0.15) is 6.26 Å². The number of amides is 1. The van der Waals surface area contributed by atoms with E-state index in [-0.39, 0.29) is 5.91 Å². The number of nitrogens with one attached hydrogen (secondary N) is 2. The summed E-state index contributed by atoms with van der Waals surface area (Å²) in [6.07, 6.45) is 1.64. The molecule has 1 amide bonds. The smallest absolute Gasteiger partial charge is 0.226 e. The van der Waals surface area contributed by atoms with Crippen LogP contribution in [0.15, 0.2) is 63.6 Å². The Morgan fingerprint density at radius 2 is 1.97 bits per heavy atom. The Kier molecular flexibility index (Phi) is 6.32. The lowest BCUT2D eigenvalue weighted by Crippen LogP contribution is -2.05. The minimum atomic E-state index is -0.117. The summed E-state index contributed by atoms with van der Waals surface area (Å²) in [6.45, 7) is 1.47. The van der Waals surface area contributed by atoms with E-state index in [1.807, 2.05) is 36.4 Å². The Bertz CT molecular complexity index is 1160. The summed E-state index contributed by atoms with van der Waals surface area (Å²) < 4.78 is 6.37. The first-order valence-electron chi connectivity index (χ1n) is 8.86. The third-order valence-corrected chi connectivity index (χ3v) is 6.08. The zero-order valence-electron chi connectivity index (χ0n) is 15.8. The average Bonchev–Trinajstić information content (AvgIpc) is 3.36. The highest BCUT2D eigenvalue weighted by Gasteiger charge is 2.10. The summed E-state index contributed by atoms with van der Waals surface area (Å²) in [4.78, 5) is 15.7. The topological polar surface area (TPSA) is 92.9 Å². The van der Waals surface area contributed by atoms with Crippen molar-refractivity contribution in [3.8, 4) is 11.5 Å². The van der Waals surface area contributed by atoms with Crippen molar-refractivity contribution >= 4 is 57.1 Å². The largest absolute Gasteiger partial charge is 0.444 e. The Balaban J connectivity index is 1.35. The van der Waals surface area contributed by atoms with Crippen LogP contribution in [0.2, 0.25) is 5.02 Å². The molecule has 0 atom stereocenters. The fourth-order valence-corrected chi connectivity index (χ4v) is 4.33. The minimum absolute atomic E-state index is 0.117. The van der Waals surface area contributed by atoms with Gasteiger partial charge >= 0.3 is 0 Å². The number of aromatic nitrogens is 3. The molecule has 0 bridgehead atoms. The summed E-state index contributed by atoms with van der Waals surface area (Å²) in [6, 6.07) is 14.8. The number of carbonyl (C=O) groups is 1. The molecule has 30 heavy (non-hydrogen) atoms. The number of oxazole rings is 1. The van der Waals surface area contributed by atoms with Gasteiger partial charge < -0.3 is 15.1 Å². The monoisotopic (exact) mass is 457 g/mol. The van der Waals surface area contributed by atoms with Gasteiger partial charge in [-0.05, 0) is 42.5 Å². The van der Waals surface area contributed by atoms with E-state index in [1.165, 1.54) is 30.0 Å². The van der Waals surface area contributed by atoms with Gasteiger partial charge in [0.25, 0.3) is 0 Å². The highest BCUT2D eigenvalue weighted by atomic mass is 35.5. The Hall–Kier alpha value is -2.88. The molecule has 0 unspecified atom stereocenters. The van der Waals surface area contributed by atoms with E-state index >= 15 is 0 Å². The van der Waals surface area contributed by atoms with Gasteiger partial charge in [-0.15, -0.1) is 10.2 Å². The van der Waals surface area contributed by atoms with Crippen molar-refractivity contribution in [3.63, 3.8) is 0 Å². The van der Waals surface area contributed by atoms with Gasteiger partial charge in [-0.3, -0.25) is 4.79 Å². The fourth-order valence-electron chi connectivity index (χ4n) is 2.55. The van der Waals surface area contributed by atoms with E-state index in [0.717, 1.165) is 21.3 Å². The number of thioether (sulfide) groups is 1. The molecule has 2 heterocycles. The summed E-state index contributed by atoms with van der Waals surface area (Å²) in [7, 11) is 0. The molecule has 7 nitrogen and oxygen atoms in total. The first kappa shape index (κ1) is 20.4. The molecule has 0 saturated carbocycles. The van der Waals surface area contributed by atoms with E-state index in [1.54, 1.807) is 18.4 Å². The number of nitrogens with zero attached hydrogens (tertiary/aromatic N) is 3. The minimum Gasteiger partial charge on any atom is -0.444 e. The highest BCUT2D eigenvalue weighted by Crippen LogP contribution is 2.31. The number of benzene rings is 2. The molecule has 10 heteroatoms. The van der Waals surface area contributed by atoms with Crippen molar-refractivity contribution in [3.05, 3.63) is 65.5 Å². The third kappa shape index (κ3) is 5.38. The zero-order chi connectivity index (χ0) is 20.9. The summed E-state index contributed by atoms with van der Waals surface area (Å²) >= 11 is 8.89. The molecule has 0 saturated heterocycles. The fraction of sp³-hybridized carbons (Fsp3) is 0.100. The van der Waals surface area contributed by atoms with Crippen molar-refractivity contribution in [2.45, 2.75) is 17.0 Å². The Morgan fingerprint density at radius 3 is 2.77 bits per heavy atom. The second-order valence-electron chi connectivity index (χ2n) is 6.20. The molecule has 2 aromatic carbocycles. The van der Waals surface area contributed by atoms with Crippen LogP contribution in [0.4, 0.5) is 16.5 Å². The first-order valence-corrected chi connectivity index (χ1v) is 11.0. The molecule has 4 aromatic rings. The van der Waals surface area contributed by atoms with Crippen LogP contribution in [0.5, 0.6) is 0 Å². The second-order valence-corrected chi connectivity index (χ2v) is 8.84. The molecule has 4 rings (SSSR count). The lowest BCUT2D eigenvalue weighted by molar-refractivity contribution is -0.114. The van der Waals surface area contributed by atoms with Gasteiger partial charge in [0.15, 0.2) is 4.34 Å². The van der Waals surface area contributed by atoms with Crippen LogP contribution in [0.3, 0.4) is 0 Å². The van der Waals surface area contributed by atoms with Gasteiger partial charge in [-0.1, -0.05) is 40.8 Å². The van der Waals surface area contributed by atoms with Crippen LogP contribution in [-0.2, 0) is 10.5 Å². The standard InChI is InChI=1S/C20H16ClN5O2S2/c1-12(27)22-15-3-2-4-16(9-15)24-19-25-26-20(30-19)29-11-17-10-28-18(23-17)13-5-7-14(21)8-6-13/h2-10H,11H2,1H3,(H,22,27)(H,24,25). The van der Waals surface area contributed by atoms with E-state index in [4.69, 9.17) is 16.0 Å². The van der Waals surface area contributed by atoms with Crippen molar-refractivity contribution in [1.29, 1.82) is 0 Å².